The lowest BCUT2D eigenvalue weighted by atomic mass is 10.1. The Balaban J connectivity index is 2.46. The fourth-order valence-corrected chi connectivity index (χ4v) is 1.60. The quantitative estimate of drug-likeness (QED) is 0.678. The fraction of sp³-hybridized carbons (Fsp3) is 0.538. The molecule has 6 heteroatoms. The number of hydrogen-bond acceptors (Lipinski definition) is 4. The first-order valence-corrected chi connectivity index (χ1v) is 6.32. The molecule has 1 aromatic heterocycles. The summed E-state index contributed by atoms with van der Waals surface area (Å²) >= 11 is 0. The van der Waals surface area contributed by atoms with Crippen LogP contribution in [0.15, 0.2) is 23.0 Å². The first-order chi connectivity index (χ1) is 9.08. The standard InChI is InChI=1S/C13H20N2O4/c1-3-11(4-6-16)15-12(17)9(2)14-13(18)10-5-7-19-8-10/h5,7-9,11,16H,3-4,6H2,1-2H3,(H,14,18)(H,15,17). The van der Waals surface area contributed by atoms with E-state index in [2.05, 4.69) is 10.6 Å². The van der Waals surface area contributed by atoms with Crippen LogP contribution in [0.2, 0.25) is 0 Å². The lowest BCUT2D eigenvalue weighted by Gasteiger charge is -2.19. The van der Waals surface area contributed by atoms with Crippen molar-refractivity contribution >= 4 is 11.8 Å². The van der Waals surface area contributed by atoms with E-state index in [9.17, 15) is 9.59 Å². The van der Waals surface area contributed by atoms with Crippen LogP contribution >= 0.6 is 0 Å². The molecule has 2 amide bonds. The molecule has 3 N–H and O–H groups in total. The molecule has 2 unspecified atom stereocenters. The average Bonchev–Trinajstić information content (AvgIpc) is 2.91. The van der Waals surface area contributed by atoms with E-state index in [0.29, 0.717) is 12.0 Å². The first-order valence-electron chi connectivity index (χ1n) is 6.32. The van der Waals surface area contributed by atoms with E-state index < -0.39 is 6.04 Å². The van der Waals surface area contributed by atoms with E-state index in [4.69, 9.17) is 9.52 Å². The Morgan fingerprint density at radius 1 is 1.42 bits per heavy atom. The predicted molar refractivity (Wildman–Crippen MR) is 69.6 cm³/mol. The lowest BCUT2D eigenvalue weighted by Crippen LogP contribution is -2.48. The van der Waals surface area contributed by atoms with E-state index in [1.165, 1.54) is 18.6 Å². The molecule has 0 radical (unpaired) electrons. The highest BCUT2D eigenvalue weighted by molar-refractivity contribution is 5.97. The molecule has 1 heterocycles. The van der Waals surface area contributed by atoms with Crippen molar-refractivity contribution in [3.05, 3.63) is 24.2 Å². The maximum atomic E-state index is 11.9. The number of rotatable bonds is 7. The number of aliphatic hydroxyl groups excluding tert-OH is 1. The van der Waals surface area contributed by atoms with Gasteiger partial charge in [0.15, 0.2) is 0 Å². The minimum Gasteiger partial charge on any atom is -0.472 e. The summed E-state index contributed by atoms with van der Waals surface area (Å²) in [5.41, 5.74) is 0.377. The summed E-state index contributed by atoms with van der Waals surface area (Å²) in [6.07, 6.45) is 3.95. The Labute approximate surface area is 112 Å². The molecule has 0 saturated carbocycles. The maximum Gasteiger partial charge on any atom is 0.255 e. The number of furan rings is 1. The van der Waals surface area contributed by atoms with E-state index in [0.717, 1.165) is 6.42 Å². The highest BCUT2D eigenvalue weighted by Crippen LogP contribution is 2.01. The molecule has 106 valence electrons. The van der Waals surface area contributed by atoms with Crippen molar-refractivity contribution in [3.63, 3.8) is 0 Å². The highest BCUT2D eigenvalue weighted by atomic mass is 16.3. The summed E-state index contributed by atoms with van der Waals surface area (Å²) in [7, 11) is 0. The van der Waals surface area contributed by atoms with Crippen molar-refractivity contribution in [2.45, 2.75) is 38.8 Å². The number of carbonyl (C=O) groups excluding carboxylic acids is 2. The molecule has 0 saturated heterocycles. The minimum atomic E-state index is -0.643. The maximum absolute atomic E-state index is 11.9. The van der Waals surface area contributed by atoms with Crippen LogP contribution in [-0.2, 0) is 4.79 Å². The van der Waals surface area contributed by atoms with E-state index >= 15 is 0 Å². The normalized spacial score (nSPS) is 13.6. The third-order valence-corrected chi connectivity index (χ3v) is 2.84. The third-order valence-electron chi connectivity index (χ3n) is 2.84. The summed E-state index contributed by atoms with van der Waals surface area (Å²) in [4.78, 5) is 23.6. The second-order valence-electron chi connectivity index (χ2n) is 4.33. The van der Waals surface area contributed by atoms with Crippen molar-refractivity contribution in [1.82, 2.24) is 10.6 Å². The van der Waals surface area contributed by atoms with Crippen molar-refractivity contribution in [1.29, 1.82) is 0 Å². The largest absolute Gasteiger partial charge is 0.472 e. The van der Waals surface area contributed by atoms with Gasteiger partial charge in [0.25, 0.3) is 5.91 Å². The van der Waals surface area contributed by atoms with Crippen LogP contribution < -0.4 is 10.6 Å². The number of carbonyl (C=O) groups is 2. The van der Waals surface area contributed by atoms with Crippen LogP contribution in [-0.4, -0.2) is 35.6 Å². The molecule has 0 aliphatic heterocycles. The molecule has 0 fully saturated rings. The highest BCUT2D eigenvalue weighted by Gasteiger charge is 2.19. The van der Waals surface area contributed by atoms with Gasteiger partial charge in [-0.05, 0) is 25.8 Å². The lowest BCUT2D eigenvalue weighted by molar-refractivity contribution is -0.123. The molecule has 2 atom stereocenters. The summed E-state index contributed by atoms with van der Waals surface area (Å²) in [6.45, 7) is 3.56. The van der Waals surface area contributed by atoms with Gasteiger partial charge in [0.2, 0.25) is 5.91 Å². The molecule has 0 bridgehead atoms. The monoisotopic (exact) mass is 268 g/mol. The number of aliphatic hydroxyl groups is 1. The van der Waals surface area contributed by atoms with Gasteiger partial charge in [-0.2, -0.15) is 0 Å². The van der Waals surface area contributed by atoms with Crippen molar-refractivity contribution < 1.29 is 19.1 Å². The SMILES string of the molecule is CCC(CCO)NC(=O)C(C)NC(=O)c1ccoc1. The van der Waals surface area contributed by atoms with Gasteiger partial charge in [0, 0.05) is 12.6 Å². The second kappa shape index (κ2) is 7.58. The van der Waals surface area contributed by atoms with Gasteiger partial charge < -0.3 is 20.2 Å². The molecule has 0 spiro atoms. The smallest absolute Gasteiger partial charge is 0.255 e. The Bertz CT molecular complexity index is 403. The molecule has 0 aliphatic carbocycles. The van der Waals surface area contributed by atoms with E-state index in [1.807, 2.05) is 6.92 Å². The summed E-state index contributed by atoms with van der Waals surface area (Å²) in [5, 5.41) is 14.2. The Morgan fingerprint density at radius 2 is 2.16 bits per heavy atom. The predicted octanol–water partition coefficient (Wildman–Crippen LogP) is 0.675. The Morgan fingerprint density at radius 3 is 2.68 bits per heavy atom. The third kappa shape index (κ3) is 4.75. The number of hydrogen-bond donors (Lipinski definition) is 3. The van der Waals surface area contributed by atoms with Crippen LogP contribution in [0.4, 0.5) is 0 Å². The van der Waals surface area contributed by atoms with Gasteiger partial charge >= 0.3 is 0 Å². The summed E-state index contributed by atoms with van der Waals surface area (Å²) < 4.78 is 4.80. The van der Waals surface area contributed by atoms with Crippen molar-refractivity contribution in [2.24, 2.45) is 0 Å². The van der Waals surface area contributed by atoms with Gasteiger partial charge in [-0.1, -0.05) is 6.92 Å². The van der Waals surface area contributed by atoms with Crippen LogP contribution in [0.5, 0.6) is 0 Å². The zero-order chi connectivity index (χ0) is 14.3. The molecule has 6 nitrogen and oxygen atoms in total. The summed E-state index contributed by atoms with van der Waals surface area (Å²) in [5.74, 6) is -0.622. The summed E-state index contributed by atoms with van der Waals surface area (Å²) in [6, 6.07) is 0.807. The van der Waals surface area contributed by atoms with Crippen LogP contribution in [0.25, 0.3) is 0 Å². The Hall–Kier alpha value is -1.82. The molecule has 19 heavy (non-hydrogen) atoms. The molecule has 0 aromatic carbocycles. The van der Waals surface area contributed by atoms with Gasteiger partial charge in [0.05, 0.1) is 11.8 Å². The average molecular weight is 268 g/mol. The number of amides is 2. The van der Waals surface area contributed by atoms with Gasteiger partial charge in [0.1, 0.15) is 12.3 Å². The zero-order valence-corrected chi connectivity index (χ0v) is 11.2. The topological polar surface area (TPSA) is 91.6 Å². The van der Waals surface area contributed by atoms with Crippen LogP contribution in [0.3, 0.4) is 0 Å². The van der Waals surface area contributed by atoms with E-state index in [1.54, 1.807) is 6.92 Å². The first kappa shape index (κ1) is 15.2. The zero-order valence-electron chi connectivity index (χ0n) is 11.2. The molecular formula is C13H20N2O4. The molecule has 0 aliphatic rings. The van der Waals surface area contributed by atoms with Crippen molar-refractivity contribution in [3.8, 4) is 0 Å². The van der Waals surface area contributed by atoms with Crippen molar-refractivity contribution in [2.75, 3.05) is 6.61 Å². The minimum absolute atomic E-state index is 0.0224. The molecule has 1 aromatic rings. The van der Waals surface area contributed by atoms with Gasteiger partial charge in [-0.15, -0.1) is 0 Å². The second-order valence-corrected chi connectivity index (χ2v) is 4.33. The van der Waals surface area contributed by atoms with Gasteiger partial charge in [-0.3, -0.25) is 9.59 Å². The Kier molecular flexibility index (Phi) is 6.08. The van der Waals surface area contributed by atoms with E-state index in [-0.39, 0.29) is 24.5 Å². The fourth-order valence-electron chi connectivity index (χ4n) is 1.60. The number of nitrogens with one attached hydrogen (secondary N) is 2. The van der Waals surface area contributed by atoms with Gasteiger partial charge in [-0.25, -0.2) is 0 Å². The molecule has 1 rings (SSSR count). The van der Waals surface area contributed by atoms with Crippen LogP contribution in [0, 0.1) is 0 Å². The van der Waals surface area contributed by atoms with Crippen LogP contribution in [0.1, 0.15) is 37.0 Å². The molecular weight excluding hydrogens is 248 g/mol.